The first kappa shape index (κ1) is 51.9. The molecule has 0 saturated heterocycles. The molecule has 2 atom stereocenters. The van der Waals surface area contributed by atoms with Crippen molar-refractivity contribution in [1.82, 2.24) is 0 Å². The fourth-order valence-electron chi connectivity index (χ4n) is 7.30. The van der Waals surface area contributed by atoms with Gasteiger partial charge in [0.25, 0.3) is 40.5 Å². The summed E-state index contributed by atoms with van der Waals surface area (Å²) in [5.41, 5.74) is 3.99. The van der Waals surface area contributed by atoms with Gasteiger partial charge in [0.15, 0.2) is 0 Å². The van der Waals surface area contributed by atoms with Gasteiger partial charge >= 0.3 is 0 Å². The predicted molar refractivity (Wildman–Crippen MR) is 237 cm³/mol. The second kappa shape index (κ2) is 24.9. The summed E-state index contributed by atoms with van der Waals surface area (Å²) in [4.78, 5) is 0. The largest absolute Gasteiger partial charge is 0.355 e. The number of anilines is 2. The van der Waals surface area contributed by atoms with Gasteiger partial charge in [0.1, 0.15) is 0 Å². The van der Waals surface area contributed by atoms with Crippen LogP contribution in [0.25, 0.3) is 0 Å². The number of unbranched alkanes of at least 4 members (excludes halogenated alkanes) is 12. The van der Waals surface area contributed by atoms with E-state index in [1.54, 1.807) is 0 Å². The summed E-state index contributed by atoms with van der Waals surface area (Å²) in [6.07, 6.45) is 13.6. The van der Waals surface area contributed by atoms with Crippen LogP contribution in [-0.4, -0.2) is 74.9 Å². The van der Waals surface area contributed by atoms with Gasteiger partial charge < -0.3 is 5.32 Å². The highest BCUT2D eigenvalue weighted by molar-refractivity contribution is 7.86. The van der Waals surface area contributed by atoms with Crippen molar-refractivity contribution in [2.75, 3.05) is 28.3 Å². The lowest BCUT2D eigenvalue weighted by atomic mass is 9.84. The van der Waals surface area contributed by atoms with E-state index in [4.69, 9.17) is 18.2 Å². The molecule has 0 aliphatic heterocycles. The van der Waals surface area contributed by atoms with Gasteiger partial charge in [-0.2, -0.15) is 33.7 Å². The first-order chi connectivity index (χ1) is 26.5. The number of rotatable bonds is 32. The lowest BCUT2D eigenvalue weighted by Crippen LogP contribution is -2.22. The summed E-state index contributed by atoms with van der Waals surface area (Å²) in [5, 5.41) is 2.99. The van der Waals surface area contributed by atoms with Gasteiger partial charge in [-0.1, -0.05) is 113 Å². The van der Waals surface area contributed by atoms with E-state index in [-0.39, 0.29) is 33.3 Å². The van der Waals surface area contributed by atoms with E-state index in [2.05, 4.69) is 35.9 Å². The van der Waals surface area contributed by atoms with Crippen molar-refractivity contribution >= 4 is 70.3 Å². The van der Waals surface area contributed by atoms with Gasteiger partial charge in [-0.3, -0.25) is 18.2 Å². The molecule has 2 rings (SSSR count). The Balaban J connectivity index is 2.36. The molecular formula is C38H65NO12P2S4. The predicted octanol–water partition coefficient (Wildman–Crippen LogP) is 8.92. The quantitative estimate of drug-likeness (QED) is 0.0263. The minimum absolute atomic E-state index is 0.270. The molecule has 2 aromatic rings. The minimum atomic E-state index is -4.01. The summed E-state index contributed by atoms with van der Waals surface area (Å²) in [7, 11) is -9.92. The van der Waals surface area contributed by atoms with Crippen molar-refractivity contribution in [3.05, 3.63) is 59.7 Å². The Morgan fingerprint density at radius 3 is 0.860 bits per heavy atom. The highest BCUT2D eigenvalue weighted by Gasteiger charge is 2.31. The van der Waals surface area contributed by atoms with Crippen molar-refractivity contribution in [2.24, 2.45) is 0 Å². The maximum Gasteiger partial charge on any atom is 0.264 e. The van der Waals surface area contributed by atoms with Gasteiger partial charge in [-0.05, 0) is 74.6 Å². The molecule has 0 radical (unpaired) electrons. The zero-order valence-electron chi connectivity index (χ0n) is 32.9. The second-order valence-corrected chi connectivity index (χ2v) is 23.8. The van der Waals surface area contributed by atoms with Gasteiger partial charge in [-0.15, -0.1) is 18.5 Å². The molecule has 0 spiro atoms. The molecule has 0 aromatic heterocycles. The van der Waals surface area contributed by atoms with Crippen LogP contribution in [0.3, 0.4) is 0 Å². The highest BCUT2D eigenvalue weighted by atomic mass is 32.2. The first-order valence-corrected chi connectivity index (χ1v) is 27.5. The molecule has 0 fully saturated rings. The zero-order chi connectivity index (χ0) is 42.6. The fourth-order valence-corrected chi connectivity index (χ4v) is 10.9. The monoisotopic (exact) mass is 917 g/mol. The second-order valence-electron chi connectivity index (χ2n) is 15.3. The molecule has 2 aromatic carbocycles. The Labute approximate surface area is 347 Å². The van der Waals surface area contributed by atoms with Crippen LogP contribution in [0.15, 0.2) is 48.5 Å². The van der Waals surface area contributed by atoms with Crippen molar-refractivity contribution < 1.29 is 51.9 Å². The average Bonchev–Trinajstić information content (AvgIpc) is 3.09. The Hall–Kier alpha value is -1.26. The van der Waals surface area contributed by atoms with Crippen molar-refractivity contribution in [1.29, 1.82) is 0 Å². The Bertz CT molecular complexity index is 1720. The molecule has 0 bridgehead atoms. The minimum Gasteiger partial charge on any atom is -0.355 e. The smallest absolute Gasteiger partial charge is 0.264 e. The van der Waals surface area contributed by atoms with E-state index in [1.807, 2.05) is 36.4 Å². The Morgan fingerprint density at radius 1 is 0.386 bits per heavy atom. The number of benzene rings is 2. The van der Waals surface area contributed by atoms with E-state index in [0.29, 0.717) is 51.4 Å². The van der Waals surface area contributed by atoms with E-state index in [0.717, 1.165) is 99.6 Å². The van der Waals surface area contributed by atoms with E-state index in [9.17, 15) is 33.7 Å². The molecule has 0 amide bonds. The number of nitrogens with one attached hydrogen (secondary N) is 1. The van der Waals surface area contributed by atoms with E-state index in [1.165, 1.54) is 0 Å². The molecule has 0 aliphatic rings. The highest BCUT2D eigenvalue weighted by Crippen LogP contribution is 2.48. The van der Waals surface area contributed by atoms with Crippen LogP contribution in [-0.2, 0) is 50.8 Å². The van der Waals surface area contributed by atoms with Crippen molar-refractivity contribution in [3.63, 3.8) is 0 Å². The fraction of sp³-hybridized carbons (Fsp3) is 0.684. The van der Waals surface area contributed by atoms with Crippen LogP contribution in [0, 0.1) is 0 Å². The molecule has 328 valence electrons. The number of hydrogen-bond donors (Lipinski definition) is 5. The molecule has 5 N–H and O–H groups in total. The molecule has 19 heteroatoms. The van der Waals surface area contributed by atoms with Crippen LogP contribution in [0.4, 0.5) is 11.4 Å². The lowest BCUT2D eigenvalue weighted by Gasteiger charge is -2.35. The standard InChI is InChI=1S/C38H65NO12P2S4/c40-54(41,42)29-17-5-1-13-25-37(52,26-14-2-6-18-30-55(43,44)45)33-21-9-11-23-35(33)39-36-24-12-10-22-34(36)38(53,27-15-3-7-19-31-56(46,47)48)28-16-4-8-20-32-57(49,50)51/h9-12,21-24,39H,1-8,13-20,25-32,52-53H2,(H,40,41,42)(H,43,44,45)(H,46,47,48)(H,49,50,51). The normalized spacial score (nSPS) is 13.2. The summed E-state index contributed by atoms with van der Waals surface area (Å²) in [5.74, 6) is -1.08. The molecule has 13 nitrogen and oxygen atoms in total. The Kier molecular flexibility index (Phi) is 22.6. The molecule has 0 heterocycles. The zero-order valence-corrected chi connectivity index (χ0v) is 38.5. The summed E-state index contributed by atoms with van der Waals surface area (Å²) in [6, 6.07) is 16.2. The number of para-hydroxylation sites is 2. The molecule has 0 aliphatic carbocycles. The van der Waals surface area contributed by atoms with Crippen LogP contribution in [0.1, 0.15) is 140 Å². The van der Waals surface area contributed by atoms with Gasteiger partial charge in [-0.25, -0.2) is 0 Å². The van der Waals surface area contributed by atoms with E-state index >= 15 is 0 Å². The van der Waals surface area contributed by atoms with Crippen molar-refractivity contribution in [2.45, 2.75) is 139 Å². The average molecular weight is 918 g/mol. The van der Waals surface area contributed by atoms with Gasteiger partial charge in [0.05, 0.1) is 23.0 Å². The van der Waals surface area contributed by atoms with E-state index < -0.39 is 40.5 Å². The SMILES string of the molecule is O=S(=O)(O)CCCCCCC(P)(CCCCCCS(=O)(=O)O)c1ccccc1Nc1ccccc1C(P)(CCCCCCS(=O)(=O)O)CCCCCCS(=O)(=O)O. The third-order valence-electron chi connectivity index (χ3n) is 10.3. The summed E-state index contributed by atoms with van der Waals surface area (Å²) < 4.78 is 126. The van der Waals surface area contributed by atoms with Gasteiger partial charge in [0, 0.05) is 21.7 Å². The van der Waals surface area contributed by atoms with Crippen LogP contribution in [0.5, 0.6) is 0 Å². The molecule has 2 unspecified atom stereocenters. The molecular weight excluding hydrogens is 853 g/mol. The summed E-state index contributed by atoms with van der Waals surface area (Å²) in [6.45, 7) is 0. The first-order valence-electron chi connectivity index (χ1n) is 19.9. The molecule has 57 heavy (non-hydrogen) atoms. The Morgan fingerprint density at radius 2 is 0.614 bits per heavy atom. The third kappa shape index (κ3) is 23.4. The maximum atomic E-state index is 11.2. The van der Waals surface area contributed by atoms with Crippen molar-refractivity contribution in [3.8, 4) is 0 Å². The van der Waals surface area contributed by atoms with Crippen LogP contribution >= 0.6 is 18.5 Å². The molecule has 0 saturated carbocycles. The lowest BCUT2D eigenvalue weighted by molar-refractivity contribution is 0.453. The summed E-state index contributed by atoms with van der Waals surface area (Å²) >= 11 is 0. The third-order valence-corrected chi connectivity index (χ3v) is 15.3. The van der Waals surface area contributed by atoms with Crippen LogP contribution in [0.2, 0.25) is 0 Å². The maximum absolute atomic E-state index is 11.2. The van der Waals surface area contributed by atoms with Crippen LogP contribution < -0.4 is 5.32 Å². The van der Waals surface area contributed by atoms with Gasteiger partial charge in [0.2, 0.25) is 0 Å². The topological polar surface area (TPSA) is 230 Å². The number of hydrogen-bond acceptors (Lipinski definition) is 9.